The summed E-state index contributed by atoms with van der Waals surface area (Å²) in [5.74, 6) is 0. The number of hydrogen-bond donors (Lipinski definition) is 2. The van der Waals surface area contributed by atoms with Crippen molar-refractivity contribution in [2.24, 2.45) is 0 Å². The Morgan fingerprint density at radius 1 is 1.40 bits per heavy atom. The average molecular weight is 215 g/mol. The lowest BCUT2D eigenvalue weighted by Crippen LogP contribution is -2.45. The molecule has 0 aromatic carbocycles. The molecule has 0 bridgehead atoms. The first-order valence-corrected chi connectivity index (χ1v) is 6.28. The molecule has 1 rings (SSSR count). The van der Waals surface area contributed by atoms with Gasteiger partial charge in [0.15, 0.2) is 0 Å². The second kappa shape index (κ2) is 7.20. The van der Waals surface area contributed by atoms with Gasteiger partial charge in [-0.2, -0.15) is 0 Å². The molecule has 0 aromatic rings. The maximum atomic E-state index is 8.94. The van der Waals surface area contributed by atoms with E-state index in [1.165, 1.54) is 19.3 Å². The lowest BCUT2D eigenvalue weighted by atomic mass is 10.0. The van der Waals surface area contributed by atoms with Crippen LogP contribution in [0.2, 0.25) is 0 Å². The maximum Gasteiger partial charge on any atom is 0.0807 e. The van der Waals surface area contributed by atoms with Gasteiger partial charge in [0.2, 0.25) is 0 Å². The topological polar surface area (TPSA) is 41.5 Å². The first-order valence-electron chi connectivity index (χ1n) is 6.28. The van der Waals surface area contributed by atoms with Gasteiger partial charge >= 0.3 is 0 Å². The van der Waals surface area contributed by atoms with Crippen molar-refractivity contribution in [1.29, 1.82) is 0 Å². The number of nitrogens with one attached hydrogen (secondary N) is 1. The molecule has 15 heavy (non-hydrogen) atoms. The van der Waals surface area contributed by atoms with Gasteiger partial charge in [0.05, 0.1) is 19.3 Å². The third-order valence-electron chi connectivity index (χ3n) is 3.18. The number of hydrogen-bond acceptors (Lipinski definition) is 3. The molecular weight excluding hydrogens is 190 g/mol. The van der Waals surface area contributed by atoms with Crippen LogP contribution in [-0.4, -0.2) is 36.5 Å². The monoisotopic (exact) mass is 215 g/mol. The highest BCUT2D eigenvalue weighted by atomic mass is 16.5. The largest absolute Gasteiger partial charge is 0.394 e. The van der Waals surface area contributed by atoms with Crippen LogP contribution >= 0.6 is 0 Å². The van der Waals surface area contributed by atoms with Crippen LogP contribution in [0, 0.1) is 0 Å². The van der Waals surface area contributed by atoms with Crippen LogP contribution in [0.3, 0.4) is 0 Å². The number of aliphatic hydroxyl groups excluding tert-OH is 1. The summed E-state index contributed by atoms with van der Waals surface area (Å²) >= 11 is 0. The van der Waals surface area contributed by atoms with Gasteiger partial charge in [-0.15, -0.1) is 0 Å². The summed E-state index contributed by atoms with van der Waals surface area (Å²) in [5.41, 5.74) is 0. The molecule has 0 spiro atoms. The molecule has 90 valence electrons. The predicted molar refractivity (Wildman–Crippen MR) is 62.0 cm³/mol. The van der Waals surface area contributed by atoms with E-state index in [4.69, 9.17) is 9.84 Å². The van der Waals surface area contributed by atoms with Gasteiger partial charge in [-0.05, 0) is 25.7 Å². The smallest absolute Gasteiger partial charge is 0.0807 e. The quantitative estimate of drug-likeness (QED) is 0.708. The van der Waals surface area contributed by atoms with Crippen molar-refractivity contribution in [1.82, 2.24) is 5.32 Å². The summed E-state index contributed by atoms with van der Waals surface area (Å²) in [4.78, 5) is 0. The first-order chi connectivity index (χ1) is 7.30. The Kier molecular flexibility index (Phi) is 6.22. The summed E-state index contributed by atoms with van der Waals surface area (Å²) in [7, 11) is 0. The molecular formula is C12H25NO2. The summed E-state index contributed by atoms with van der Waals surface area (Å²) in [6.45, 7) is 5.38. The van der Waals surface area contributed by atoms with Crippen LogP contribution in [0.4, 0.5) is 0 Å². The Bertz CT molecular complexity index is 156. The van der Waals surface area contributed by atoms with Crippen molar-refractivity contribution in [2.45, 2.75) is 64.1 Å². The molecule has 1 unspecified atom stereocenters. The maximum absolute atomic E-state index is 8.94. The SMILES string of the molecule is CCCC(CC)N[C@H]1CC[C@H](CO)OC1. The minimum atomic E-state index is 0.0781. The van der Waals surface area contributed by atoms with Crippen molar-refractivity contribution in [3.8, 4) is 0 Å². The molecule has 3 nitrogen and oxygen atoms in total. The number of ether oxygens (including phenoxy) is 1. The van der Waals surface area contributed by atoms with Gasteiger partial charge < -0.3 is 15.2 Å². The second-order valence-corrected chi connectivity index (χ2v) is 4.47. The summed E-state index contributed by atoms with van der Waals surface area (Å²) in [5, 5.41) is 12.6. The molecule has 1 aliphatic rings. The van der Waals surface area contributed by atoms with Crippen LogP contribution in [0.1, 0.15) is 46.0 Å². The van der Waals surface area contributed by atoms with Crippen LogP contribution < -0.4 is 5.32 Å². The van der Waals surface area contributed by atoms with Crippen LogP contribution in [0.25, 0.3) is 0 Å². The zero-order valence-electron chi connectivity index (χ0n) is 10.0. The summed E-state index contributed by atoms with van der Waals surface area (Å²) in [6.07, 6.45) is 5.86. The minimum absolute atomic E-state index is 0.0781. The lowest BCUT2D eigenvalue weighted by molar-refractivity contribution is -0.0336. The van der Waals surface area contributed by atoms with Crippen LogP contribution in [-0.2, 0) is 4.74 Å². The van der Waals surface area contributed by atoms with Crippen molar-refractivity contribution >= 4 is 0 Å². The van der Waals surface area contributed by atoms with Gasteiger partial charge in [-0.1, -0.05) is 20.3 Å². The Hall–Kier alpha value is -0.120. The van der Waals surface area contributed by atoms with E-state index in [0.717, 1.165) is 19.4 Å². The average Bonchev–Trinajstić information content (AvgIpc) is 2.29. The molecule has 1 aliphatic heterocycles. The van der Waals surface area contributed by atoms with E-state index in [0.29, 0.717) is 12.1 Å². The van der Waals surface area contributed by atoms with Gasteiger partial charge in [0.1, 0.15) is 0 Å². The summed E-state index contributed by atoms with van der Waals surface area (Å²) in [6, 6.07) is 1.12. The highest BCUT2D eigenvalue weighted by molar-refractivity contribution is 4.78. The molecule has 0 aromatic heterocycles. The predicted octanol–water partition coefficient (Wildman–Crippen LogP) is 1.69. The minimum Gasteiger partial charge on any atom is -0.394 e. The van der Waals surface area contributed by atoms with Crippen LogP contribution in [0.15, 0.2) is 0 Å². The highest BCUT2D eigenvalue weighted by Gasteiger charge is 2.22. The van der Waals surface area contributed by atoms with Gasteiger partial charge in [-0.3, -0.25) is 0 Å². The van der Waals surface area contributed by atoms with E-state index in [2.05, 4.69) is 19.2 Å². The third kappa shape index (κ3) is 4.49. The molecule has 1 fully saturated rings. The first kappa shape index (κ1) is 12.9. The standard InChI is InChI=1S/C12H25NO2/c1-3-5-10(4-2)13-11-6-7-12(8-14)15-9-11/h10-14H,3-9H2,1-2H3/t10?,11-,12+/m0/s1. The molecule has 0 saturated carbocycles. The number of aliphatic hydroxyl groups is 1. The van der Waals surface area contributed by atoms with E-state index in [1.54, 1.807) is 0 Å². The Balaban J connectivity index is 2.21. The Morgan fingerprint density at radius 2 is 2.20 bits per heavy atom. The molecule has 0 radical (unpaired) electrons. The van der Waals surface area contributed by atoms with Crippen molar-refractivity contribution in [2.75, 3.05) is 13.2 Å². The fraction of sp³-hybridized carbons (Fsp3) is 1.00. The zero-order valence-corrected chi connectivity index (χ0v) is 10.0. The van der Waals surface area contributed by atoms with Crippen molar-refractivity contribution in [3.05, 3.63) is 0 Å². The zero-order chi connectivity index (χ0) is 11.1. The number of rotatable bonds is 6. The molecule has 0 aliphatic carbocycles. The van der Waals surface area contributed by atoms with Crippen LogP contribution in [0.5, 0.6) is 0 Å². The van der Waals surface area contributed by atoms with Gasteiger partial charge in [-0.25, -0.2) is 0 Å². The van der Waals surface area contributed by atoms with Crippen molar-refractivity contribution in [3.63, 3.8) is 0 Å². The van der Waals surface area contributed by atoms with Gasteiger partial charge in [0, 0.05) is 12.1 Å². The third-order valence-corrected chi connectivity index (χ3v) is 3.18. The lowest BCUT2D eigenvalue weighted by Gasteiger charge is -2.31. The molecule has 1 heterocycles. The van der Waals surface area contributed by atoms with E-state index in [9.17, 15) is 0 Å². The fourth-order valence-electron chi connectivity index (χ4n) is 2.17. The fourth-order valence-corrected chi connectivity index (χ4v) is 2.17. The molecule has 3 atom stereocenters. The molecule has 0 amide bonds. The Labute approximate surface area is 93.2 Å². The highest BCUT2D eigenvalue weighted by Crippen LogP contribution is 2.14. The molecule has 1 saturated heterocycles. The second-order valence-electron chi connectivity index (χ2n) is 4.47. The van der Waals surface area contributed by atoms with Gasteiger partial charge in [0.25, 0.3) is 0 Å². The Morgan fingerprint density at radius 3 is 2.67 bits per heavy atom. The van der Waals surface area contributed by atoms with E-state index in [-0.39, 0.29) is 12.7 Å². The molecule has 2 N–H and O–H groups in total. The van der Waals surface area contributed by atoms with Crippen molar-refractivity contribution < 1.29 is 9.84 Å². The summed E-state index contributed by atoms with van der Waals surface area (Å²) < 4.78 is 5.55. The van der Waals surface area contributed by atoms with E-state index in [1.807, 2.05) is 0 Å². The molecule has 3 heteroatoms. The van der Waals surface area contributed by atoms with E-state index < -0.39 is 0 Å². The normalized spacial score (nSPS) is 29.0. The van der Waals surface area contributed by atoms with E-state index >= 15 is 0 Å².